The van der Waals surface area contributed by atoms with Gasteiger partial charge < -0.3 is 14.8 Å². The third-order valence-electron chi connectivity index (χ3n) is 2.97. The Morgan fingerprint density at radius 1 is 1.08 bits per heavy atom. The molecule has 0 unspecified atom stereocenters. The molecule has 24 heavy (non-hydrogen) atoms. The lowest BCUT2D eigenvalue weighted by Gasteiger charge is -2.08. The van der Waals surface area contributed by atoms with E-state index in [-0.39, 0.29) is 17.9 Å². The van der Waals surface area contributed by atoms with Gasteiger partial charge in [-0.3, -0.25) is 4.79 Å². The molecule has 2 aromatic rings. The minimum absolute atomic E-state index is 0.0362. The van der Waals surface area contributed by atoms with Crippen LogP contribution in [0.5, 0.6) is 5.75 Å². The molecule has 0 spiro atoms. The molecular weight excluding hydrogens is 320 g/mol. The summed E-state index contributed by atoms with van der Waals surface area (Å²) in [6, 6.07) is 11.6. The highest BCUT2D eigenvalue weighted by molar-refractivity contribution is 6.04. The Labute approximate surface area is 137 Å². The van der Waals surface area contributed by atoms with Gasteiger partial charge in [-0.2, -0.15) is 8.78 Å². The van der Waals surface area contributed by atoms with Crippen LogP contribution in [0, 0.1) is 0 Å². The van der Waals surface area contributed by atoms with Crippen LogP contribution >= 0.6 is 0 Å². The number of nitrogens with one attached hydrogen (secondary N) is 1. The molecule has 5 nitrogen and oxygen atoms in total. The number of hydrogen-bond donors (Lipinski definition) is 1. The third-order valence-corrected chi connectivity index (χ3v) is 2.97. The van der Waals surface area contributed by atoms with E-state index in [4.69, 9.17) is 4.74 Å². The molecule has 0 radical (unpaired) electrons. The Morgan fingerprint density at radius 3 is 2.42 bits per heavy atom. The van der Waals surface area contributed by atoms with E-state index in [1.807, 2.05) is 0 Å². The van der Waals surface area contributed by atoms with Gasteiger partial charge in [0.05, 0.1) is 12.2 Å². The Kier molecular flexibility index (Phi) is 5.83. The summed E-state index contributed by atoms with van der Waals surface area (Å²) in [6.07, 6.45) is 0. The fourth-order valence-electron chi connectivity index (χ4n) is 1.93. The van der Waals surface area contributed by atoms with E-state index in [0.29, 0.717) is 11.3 Å². The number of halogens is 2. The monoisotopic (exact) mass is 335 g/mol. The van der Waals surface area contributed by atoms with Crippen LogP contribution in [0.2, 0.25) is 0 Å². The Hall–Kier alpha value is -2.96. The average molecular weight is 335 g/mol. The number of carbonyl (C=O) groups is 2. The van der Waals surface area contributed by atoms with Crippen molar-refractivity contribution in [2.45, 2.75) is 13.5 Å². The maximum Gasteiger partial charge on any atom is 0.387 e. The Morgan fingerprint density at radius 2 is 1.79 bits per heavy atom. The molecule has 0 bridgehead atoms. The molecule has 1 N–H and O–H groups in total. The van der Waals surface area contributed by atoms with Gasteiger partial charge >= 0.3 is 12.6 Å². The predicted molar refractivity (Wildman–Crippen MR) is 83.4 cm³/mol. The van der Waals surface area contributed by atoms with Crippen molar-refractivity contribution in [2.24, 2.45) is 0 Å². The second kappa shape index (κ2) is 8.05. The third kappa shape index (κ3) is 4.77. The van der Waals surface area contributed by atoms with Crippen LogP contribution in [0.4, 0.5) is 14.5 Å². The molecule has 126 valence electrons. The van der Waals surface area contributed by atoms with Crippen molar-refractivity contribution in [1.82, 2.24) is 0 Å². The van der Waals surface area contributed by atoms with E-state index >= 15 is 0 Å². The van der Waals surface area contributed by atoms with Crippen molar-refractivity contribution in [2.75, 3.05) is 11.9 Å². The van der Waals surface area contributed by atoms with Gasteiger partial charge in [0.1, 0.15) is 5.75 Å². The summed E-state index contributed by atoms with van der Waals surface area (Å²) in [6.45, 7) is -0.969. The number of rotatable bonds is 6. The quantitative estimate of drug-likeness (QED) is 0.817. The van der Waals surface area contributed by atoms with Gasteiger partial charge in [0.15, 0.2) is 0 Å². The second-order valence-corrected chi connectivity index (χ2v) is 4.66. The first-order chi connectivity index (χ1) is 11.5. The maximum atomic E-state index is 12.1. The summed E-state index contributed by atoms with van der Waals surface area (Å²) in [4.78, 5) is 23.8. The van der Waals surface area contributed by atoms with Crippen LogP contribution in [0.1, 0.15) is 27.6 Å². The number of alkyl halides is 2. The van der Waals surface area contributed by atoms with Crippen molar-refractivity contribution in [3.05, 3.63) is 59.7 Å². The molecule has 0 saturated carbocycles. The second-order valence-electron chi connectivity index (χ2n) is 4.66. The van der Waals surface area contributed by atoms with E-state index in [9.17, 15) is 18.4 Å². The van der Waals surface area contributed by atoms with Crippen molar-refractivity contribution < 1.29 is 27.8 Å². The summed E-state index contributed by atoms with van der Waals surface area (Å²) in [5.74, 6) is -0.965. The molecule has 2 rings (SSSR count). The number of carbonyl (C=O) groups excluding carboxylic acids is 2. The molecule has 0 aliphatic heterocycles. The average Bonchev–Trinajstić information content (AvgIpc) is 2.55. The molecule has 0 heterocycles. The first kappa shape index (κ1) is 17.4. The fraction of sp³-hybridized carbons (Fsp3) is 0.176. The van der Waals surface area contributed by atoms with Crippen LogP contribution in [0.15, 0.2) is 48.5 Å². The molecule has 7 heteroatoms. The van der Waals surface area contributed by atoms with Gasteiger partial charge in [-0.25, -0.2) is 4.79 Å². The summed E-state index contributed by atoms with van der Waals surface area (Å²) in [7, 11) is 0. The van der Waals surface area contributed by atoms with Crippen molar-refractivity contribution >= 4 is 17.6 Å². The van der Waals surface area contributed by atoms with E-state index in [1.165, 1.54) is 30.3 Å². The largest absolute Gasteiger partial charge is 0.462 e. The Balaban J connectivity index is 2.06. The minimum Gasteiger partial charge on any atom is -0.462 e. The van der Waals surface area contributed by atoms with Crippen LogP contribution in [0.25, 0.3) is 0 Å². The lowest BCUT2D eigenvalue weighted by atomic mass is 10.1. The Bertz CT molecular complexity index is 717. The standard InChI is InChI=1S/C17H15F2NO4/c1-2-23-16(22)12-4-3-5-13(10-12)20-15(21)11-6-8-14(9-7-11)24-17(18)19/h3-10,17H,2H2,1H3,(H,20,21). The van der Waals surface area contributed by atoms with Crippen LogP contribution in [-0.4, -0.2) is 25.1 Å². The molecular formula is C17H15F2NO4. The van der Waals surface area contributed by atoms with E-state index in [2.05, 4.69) is 10.1 Å². The number of benzene rings is 2. The summed E-state index contributed by atoms with van der Waals surface area (Å²) in [5.41, 5.74) is 0.993. The van der Waals surface area contributed by atoms with Crippen molar-refractivity contribution in [1.29, 1.82) is 0 Å². The molecule has 1 amide bonds. The smallest absolute Gasteiger partial charge is 0.387 e. The van der Waals surface area contributed by atoms with E-state index in [1.54, 1.807) is 25.1 Å². The highest BCUT2D eigenvalue weighted by Gasteiger charge is 2.11. The highest BCUT2D eigenvalue weighted by atomic mass is 19.3. The fourth-order valence-corrected chi connectivity index (χ4v) is 1.93. The van der Waals surface area contributed by atoms with Crippen LogP contribution in [-0.2, 0) is 4.74 Å². The molecule has 0 aliphatic rings. The molecule has 0 fully saturated rings. The zero-order chi connectivity index (χ0) is 17.5. The maximum absolute atomic E-state index is 12.1. The summed E-state index contributed by atoms with van der Waals surface area (Å²) in [5, 5.41) is 2.62. The summed E-state index contributed by atoms with van der Waals surface area (Å²) < 4.78 is 33.3. The zero-order valence-electron chi connectivity index (χ0n) is 12.8. The van der Waals surface area contributed by atoms with E-state index in [0.717, 1.165) is 0 Å². The van der Waals surface area contributed by atoms with Gasteiger partial charge in [-0.05, 0) is 49.4 Å². The molecule has 0 aromatic heterocycles. The lowest BCUT2D eigenvalue weighted by molar-refractivity contribution is -0.0498. The predicted octanol–water partition coefficient (Wildman–Crippen LogP) is 3.72. The molecule has 2 aromatic carbocycles. The number of esters is 1. The number of anilines is 1. The summed E-state index contributed by atoms with van der Waals surface area (Å²) >= 11 is 0. The number of hydrogen-bond acceptors (Lipinski definition) is 4. The molecule has 0 saturated heterocycles. The normalized spacial score (nSPS) is 10.3. The van der Waals surface area contributed by atoms with Crippen molar-refractivity contribution in [3.63, 3.8) is 0 Å². The lowest BCUT2D eigenvalue weighted by Crippen LogP contribution is -2.13. The zero-order valence-corrected chi connectivity index (χ0v) is 12.8. The number of amides is 1. The van der Waals surface area contributed by atoms with Crippen LogP contribution in [0.3, 0.4) is 0 Å². The first-order valence-corrected chi connectivity index (χ1v) is 7.13. The van der Waals surface area contributed by atoms with Gasteiger partial charge in [0.25, 0.3) is 5.91 Å². The van der Waals surface area contributed by atoms with E-state index < -0.39 is 18.5 Å². The van der Waals surface area contributed by atoms with Gasteiger partial charge in [-0.15, -0.1) is 0 Å². The van der Waals surface area contributed by atoms with Crippen LogP contribution < -0.4 is 10.1 Å². The van der Waals surface area contributed by atoms with Gasteiger partial charge in [0.2, 0.25) is 0 Å². The molecule has 0 aliphatic carbocycles. The SMILES string of the molecule is CCOC(=O)c1cccc(NC(=O)c2ccc(OC(F)F)cc2)c1. The first-order valence-electron chi connectivity index (χ1n) is 7.13. The van der Waals surface area contributed by atoms with Crippen molar-refractivity contribution in [3.8, 4) is 5.75 Å². The number of ether oxygens (including phenoxy) is 2. The van der Waals surface area contributed by atoms with Gasteiger partial charge in [-0.1, -0.05) is 6.07 Å². The minimum atomic E-state index is -2.92. The topological polar surface area (TPSA) is 64.6 Å². The van der Waals surface area contributed by atoms with Gasteiger partial charge in [0, 0.05) is 11.3 Å². The highest BCUT2D eigenvalue weighted by Crippen LogP contribution is 2.17. The molecule has 0 atom stereocenters.